The van der Waals surface area contributed by atoms with Gasteiger partial charge in [0.25, 0.3) is 5.56 Å². The zero-order valence-corrected chi connectivity index (χ0v) is 13.4. The fraction of sp³-hybridized carbons (Fsp3) is 0.0556. The highest BCUT2D eigenvalue weighted by Gasteiger charge is 2.10. The number of hydrogen-bond acceptors (Lipinski definition) is 4. The second-order valence-corrected chi connectivity index (χ2v) is 5.63. The summed E-state index contributed by atoms with van der Waals surface area (Å²) in [5.74, 6) is -0.940. The summed E-state index contributed by atoms with van der Waals surface area (Å²) in [4.78, 5) is 19.4. The number of anilines is 1. The molecule has 0 amide bonds. The average Bonchev–Trinajstić information content (AvgIpc) is 3.16. The van der Waals surface area contributed by atoms with Crippen LogP contribution >= 0.6 is 0 Å². The second-order valence-electron chi connectivity index (χ2n) is 5.63. The Kier molecular flexibility index (Phi) is 3.92. The number of hydrogen-bond donors (Lipinski definition) is 2. The van der Waals surface area contributed by atoms with Gasteiger partial charge in [0, 0.05) is 30.2 Å². The highest BCUT2D eigenvalue weighted by atomic mass is 19.1. The third kappa shape index (κ3) is 2.92. The van der Waals surface area contributed by atoms with Crippen molar-refractivity contribution in [3.05, 3.63) is 82.4 Å². The minimum Gasteiger partial charge on any atom is -0.381 e. The largest absolute Gasteiger partial charge is 0.381 e. The van der Waals surface area contributed by atoms with Gasteiger partial charge in [0.15, 0.2) is 0 Å². The molecule has 0 unspecified atom stereocenters. The van der Waals surface area contributed by atoms with Crippen molar-refractivity contribution in [2.24, 2.45) is 0 Å². The fourth-order valence-electron chi connectivity index (χ4n) is 2.63. The summed E-state index contributed by atoms with van der Waals surface area (Å²) >= 11 is 0. The molecule has 2 heterocycles. The zero-order chi connectivity index (χ0) is 18.1. The van der Waals surface area contributed by atoms with Crippen LogP contribution in [0, 0.1) is 11.6 Å². The predicted octanol–water partition coefficient (Wildman–Crippen LogP) is 3.00. The van der Waals surface area contributed by atoms with Crippen molar-refractivity contribution in [1.29, 1.82) is 0 Å². The van der Waals surface area contributed by atoms with Crippen LogP contribution in [0.2, 0.25) is 0 Å². The molecule has 0 bridgehead atoms. The van der Waals surface area contributed by atoms with Gasteiger partial charge in [-0.05, 0) is 36.4 Å². The number of aromatic amines is 1. The lowest BCUT2D eigenvalue weighted by atomic mass is 10.1. The molecular weight excluding hydrogens is 340 g/mol. The summed E-state index contributed by atoms with van der Waals surface area (Å²) in [5, 5.41) is 7.32. The Hall–Kier alpha value is -3.55. The highest BCUT2D eigenvalue weighted by molar-refractivity contribution is 5.81. The molecule has 2 aromatic heterocycles. The van der Waals surface area contributed by atoms with E-state index in [1.54, 1.807) is 36.7 Å². The van der Waals surface area contributed by atoms with Crippen molar-refractivity contribution in [3.63, 3.8) is 0 Å². The minimum atomic E-state index is -0.623. The molecule has 0 saturated heterocycles. The molecule has 0 aliphatic rings. The van der Waals surface area contributed by atoms with Crippen LogP contribution in [0.4, 0.5) is 14.5 Å². The van der Waals surface area contributed by atoms with Crippen molar-refractivity contribution in [2.75, 3.05) is 5.32 Å². The SMILES string of the molecule is O=c1[nH]c(-n2cccn2)nc2ccc(NCc3c(F)cccc3F)cc12. The maximum atomic E-state index is 13.7. The Labute approximate surface area is 146 Å². The quantitative estimate of drug-likeness (QED) is 0.591. The number of rotatable bonds is 4. The van der Waals surface area contributed by atoms with Gasteiger partial charge in [-0.25, -0.2) is 18.4 Å². The van der Waals surface area contributed by atoms with Crippen LogP contribution in [0.1, 0.15) is 5.56 Å². The summed E-state index contributed by atoms with van der Waals surface area (Å²) in [6.07, 6.45) is 3.25. The molecule has 4 rings (SSSR count). The van der Waals surface area contributed by atoms with Gasteiger partial charge in [-0.1, -0.05) is 6.07 Å². The lowest BCUT2D eigenvalue weighted by molar-refractivity contribution is 0.560. The van der Waals surface area contributed by atoms with Gasteiger partial charge in [0.1, 0.15) is 11.6 Å². The number of H-pyrrole nitrogens is 1. The smallest absolute Gasteiger partial charge is 0.260 e. The van der Waals surface area contributed by atoms with Gasteiger partial charge in [-0.2, -0.15) is 5.10 Å². The van der Waals surface area contributed by atoms with E-state index >= 15 is 0 Å². The van der Waals surface area contributed by atoms with E-state index in [0.717, 1.165) is 0 Å². The van der Waals surface area contributed by atoms with E-state index in [-0.39, 0.29) is 17.7 Å². The van der Waals surface area contributed by atoms with Crippen LogP contribution in [0.25, 0.3) is 16.9 Å². The van der Waals surface area contributed by atoms with Crippen LogP contribution in [-0.2, 0) is 6.54 Å². The van der Waals surface area contributed by atoms with Crippen LogP contribution in [0.15, 0.2) is 59.7 Å². The lowest BCUT2D eigenvalue weighted by Crippen LogP contribution is -2.14. The lowest BCUT2D eigenvalue weighted by Gasteiger charge is -2.09. The molecule has 0 aliphatic carbocycles. The van der Waals surface area contributed by atoms with Crippen molar-refractivity contribution in [2.45, 2.75) is 6.54 Å². The minimum absolute atomic E-state index is 0.0410. The first-order valence-electron chi connectivity index (χ1n) is 7.83. The monoisotopic (exact) mass is 353 g/mol. The third-order valence-corrected chi connectivity index (χ3v) is 3.95. The molecule has 26 heavy (non-hydrogen) atoms. The number of fused-ring (bicyclic) bond motifs is 1. The van der Waals surface area contributed by atoms with Crippen LogP contribution in [-0.4, -0.2) is 19.7 Å². The molecule has 0 atom stereocenters. The standard InChI is InChI=1S/C18H13F2N5O/c19-14-3-1-4-15(20)13(14)10-21-11-5-6-16-12(9-11)17(26)24-18(23-16)25-8-2-7-22-25/h1-9,21H,10H2,(H,23,24,26). The summed E-state index contributed by atoms with van der Waals surface area (Å²) in [6, 6.07) is 10.4. The van der Waals surface area contributed by atoms with Gasteiger partial charge in [0.2, 0.25) is 5.95 Å². The van der Waals surface area contributed by atoms with E-state index < -0.39 is 11.6 Å². The third-order valence-electron chi connectivity index (χ3n) is 3.95. The fourth-order valence-corrected chi connectivity index (χ4v) is 2.63. The Morgan fingerprint density at radius 2 is 1.92 bits per heavy atom. The predicted molar refractivity (Wildman–Crippen MR) is 93.2 cm³/mol. The normalized spacial score (nSPS) is 11.0. The van der Waals surface area contributed by atoms with E-state index in [2.05, 4.69) is 20.4 Å². The first kappa shape index (κ1) is 15.9. The summed E-state index contributed by atoms with van der Waals surface area (Å²) < 4.78 is 28.8. The Morgan fingerprint density at radius 3 is 2.65 bits per heavy atom. The van der Waals surface area contributed by atoms with Gasteiger partial charge < -0.3 is 5.32 Å². The van der Waals surface area contributed by atoms with Gasteiger partial charge >= 0.3 is 0 Å². The molecule has 0 aliphatic heterocycles. The maximum Gasteiger partial charge on any atom is 0.260 e. The van der Waals surface area contributed by atoms with Crippen LogP contribution in [0.5, 0.6) is 0 Å². The first-order valence-corrected chi connectivity index (χ1v) is 7.83. The van der Waals surface area contributed by atoms with Crippen LogP contribution < -0.4 is 10.9 Å². The van der Waals surface area contributed by atoms with Crippen molar-refractivity contribution >= 4 is 16.6 Å². The molecule has 0 radical (unpaired) electrons. The molecule has 8 heteroatoms. The van der Waals surface area contributed by atoms with Crippen molar-refractivity contribution in [1.82, 2.24) is 19.7 Å². The first-order chi connectivity index (χ1) is 12.6. The number of benzene rings is 2. The molecule has 0 fully saturated rings. The molecule has 4 aromatic rings. The summed E-state index contributed by atoms with van der Waals surface area (Å²) in [7, 11) is 0. The Morgan fingerprint density at radius 1 is 1.12 bits per heavy atom. The second kappa shape index (κ2) is 6.40. The Bertz CT molecular complexity index is 1120. The van der Waals surface area contributed by atoms with Gasteiger partial charge in [0.05, 0.1) is 10.9 Å². The van der Waals surface area contributed by atoms with Gasteiger partial charge in [-0.15, -0.1) is 0 Å². The molecule has 2 aromatic carbocycles. The number of aromatic nitrogens is 4. The molecular formula is C18H13F2N5O. The van der Waals surface area contributed by atoms with E-state index in [1.807, 2.05) is 0 Å². The topological polar surface area (TPSA) is 75.6 Å². The van der Waals surface area contributed by atoms with Gasteiger partial charge in [-0.3, -0.25) is 9.78 Å². The molecule has 6 nitrogen and oxygen atoms in total. The van der Waals surface area contributed by atoms with E-state index in [9.17, 15) is 13.6 Å². The van der Waals surface area contributed by atoms with E-state index in [1.165, 1.54) is 22.9 Å². The average molecular weight is 353 g/mol. The Balaban J connectivity index is 1.65. The molecule has 130 valence electrons. The molecule has 2 N–H and O–H groups in total. The number of nitrogens with zero attached hydrogens (tertiary/aromatic N) is 3. The summed E-state index contributed by atoms with van der Waals surface area (Å²) in [6.45, 7) is -0.0410. The van der Waals surface area contributed by atoms with Crippen molar-refractivity contribution in [3.8, 4) is 5.95 Å². The molecule has 0 saturated carbocycles. The molecule has 0 spiro atoms. The highest BCUT2D eigenvalue weighted by Crippen LogP contribution is 2.18. The maximum absolute atomic E-state index is 13.7. The zero-order valence-electron chi connectivity index (χ0n) is 13.4. The summed E-state index contributed by atoms with van der Waals surface area (Å²) in [5.41, 5.74) is 0.649. The van der Waals surface area contributed by atoms with E-state index in [4.69, 9.17) is 0 Å². The van der Waals surface area contributed by atoms with E-state index in [0.29, 0.717) is 22.5 Å². The number of halogens is 2. The van der Waals surface area contributed by atoms with Crippen molar-refractivity contribution < 1.29 is 8.78 Å². The van der Waals surface area contributed by atoms with Crippen LogP contribution in [0.3, 0.4) is 0 Å². The number of nitrogens with one attached hydrogen (secondary N) is 2.